The molecule has 0 saturated carbocycles. The largest absolute Gasteiger partial charge is 0.348 e. The lowest BCUT2D eigenvalue weighted by Gasteiger charge is -2.09. The summed E-state index contributed by atoms with van der Waals surface area (Å²) in [5.41, 5.74) is 4.42. The van der Waals surface area contributed by atoms with Gasteiger partial charge in [0.05, 0.1) is 11.3 Å². The van der Waals surface area contributed by atoms with Crippen molar-refractivity contribution in [3.63, 3.8) is 0 Å². The van der Waals surface area contributed by atoms with E-state index in [0.717, 1.165) is 22.4 Å². The minimum absolute atomic E-state index is 0.100. The van der Waals surface area contributed by atoms with E-state index in [2.05, 4.69) is 10.3 Å². The van der Waals surface area contributed by atoms with Crippen LogP contribution in [0.1, 0.15) is 21.6 Å². The van der Waals surface area contributed by atoms with Gasteiger partial charge in [-0.2, -0.15) is 0 Å². The zero-order valence-electron chi connectivity index (χ0n) is 13.0. The maximum atomic E-state index is 12.5. The minimum Gasteiger partial charge on any atom is -0.348 e. The van der Waals surface area contributed by atoms with Crippen LogP contribution in [0.4, 0.5) is 0 Å². The number of carbonyl (C=O) groups excluding carboxylic acids is 1. The van der Waals surface area contributed by atoms with E-state index in [4.69, 9.17) is 0 Å². The Morgan fingerprint density at radius 3 is 2.30 bits per heavy atom. The van der Waals surface area contributed by atoms with Crippen molar-refractivity contribution < 1.29 is 4.79 Å². The van der Waals surface area contributed by atoms with Gasteiger partial charge in [0.1, 0.15) is 0 Å². The summed E-state index contributed by atoms with van der Waals surface area (Å²) in [5, 5.41) is 2.96. The molecule has 0 aliphatic carbocycles. The molecule has 1 aromatic heterocycles. The first-order valence-electron chi connectivity index (χ1n) is 7.58. The first kappa shape index (κ1) is 15.0. The Morgan fingerprint density at radius 1 is 0.957 bits per heavy atom. The summed E-state index contributed by atoms with van der Waals surface area (Å²) in [4.78, 5) is 16.8. The molecule has 3 nitrogen and oxygen atoms in total. The lowest BCUT2D eigenvalue weighted by molar-refractivity contribution is 0.0950. The second-order valence-corrected chi connectivity index (χ2v) is 5.39. The van der Waals surface area contributed by atoms with E-state index in [1.54, 1.807) is 6.20 Å². The number of carbonyl (C=O) groups is 1. The molecule has 1 heterocycles. The number of hydrogen-bond donors (Lipinski definition) is 1. The van der Waals surface area contributed by atoms with Gasteiger partial charge in [-0.3, -0.25) is 9.78 Å². The van der Waals surface area contributed by atoms with Gasteiger partial charge in [0.15, 0.2) is 0 Å². The molecule has 114 valence electrons. The zero-order chi connectivity index (χ0) is 16.1. The van der Waals surface area contributed by atoms with E-state index in [0.29, 0.717) is 12.1 Å². The van der Waals surface area contributed by atoms with E-state index in [1.165, 1.54) is 0 Å². The van der Waals surface area contributed by atoms with Crippen LogP contribution in [-0.4, -0.2) is 10.9 Å². The molecule has 0 unspecified atom stereocenters. The number of pyridine rings is 1. The molecule has 23 heavy (non-hydrogen) atoms. The molecule has 1 amide bonds. The summed E-state index contributed by atoms with van der Waals surface area (Å²) in [7, 11) is 0. The van der Waals surface area contributed by atoms with E-state index in [1.807, 2.05) is 73.7 Å². The number of nitrogens with one attached hydrogen (secondary N) is 1. The maximum Gasteiger partial charge on any atom is 0.253 e. The predicted molar refractivity (Wildman–Crippen MR) is 92.0 cm³/mol. The maximum absolute atomic E-state index is 12.5. The SMILES string of the molecule is Cc1ncc(-c2ccccc2)cc1C(=O)NCc1ccccc1. The Hall–Kier alpha value is -2.94. The van der Waals surface area contributed by atoms with E-state index >= 15 is 0 Å². The monoisotopic (exact) mass is 302 g/mol. The number of benzene rings is 2. The molecule has 0 fully saturated rings. The molecular formula is C20H18N2O. The van der Waals surface area contributed by atoms with Crippen LogP contribution in [0.2, 0.25) is 0 Å². The smallest absolute Gasteiger partial charge is 0.253 e. The lowest BCUT2D eigenvalue weighted by atomic mass is 10.0. The summed E-state index contributed by atoms with van der Waals surface area (Å²) in [6, 6.07) is 21.7. The Morgan fingerprint density at radius 2 is 1.61 bits per heavy atom. The highest BCUT2D eigenvalue weighted by Crippen LogP contribution is 2.20. The molecule has 0 saturated heterocycles. The van der Waals surface area contributed by atoms with Gasteiger partial charge in [0.25, 0.3) is 5.91 Å². The van der Waals surface area contributed by atoms with Crippen molar-refractivity contribution in [3.05, 3.63) is 89.7 Å². The minimum atomic E-state index is -0.100. The van der Waals surface area contributed by atoms with Crippen LogP contribution in [-0.2, 0) is 6.54 Å². The third-order valence-corrected chi connectivity index (χ3v) is 3.73. The fourth-order valence-electron chi connectivity index (χ4n) is 2.42. The number of hydrogen-bond acceptors (Lipinski definition) is 2. The van der Waals surface area contributed by atoms with Crippen molar-refractivity contribution in [1.29, 1.82) is 0 Å². The molecule has 0 aliphatic heterocycles. The summed E-state index contributed by atoms with van der Waals surface area (Å²) in [6.45, 7) is 2.36. The summed E-state index contributed by atoms with van der Waals surface area (Å²) in [6.07, 6.45) is 1.80. The van der Waals surface area contributed by atoms with Crippen molar-refractivity contribution in [2.45, 2.75) is 13.5 Å². The Balaban J connectivity index is 1.80. The molecule has 3 rings (SSSR count). The molecular weight excluding hydrogens is 284 g/mol. The summed E-state index contributed by atoms with van der Waals surface area (Å²) in [5.74, 6) is -0.100. The van der Waals surface area contributed by atoms with E-state index in [9.17, 15) is 4.79 Å². The highest BCUT2D eigenvalue weighted by molar-refractivity contribution is 5.96. The summed E-state index contributed by atoms with van der Waals surface area (Å²) >= 11 is 0. The second-order valence-electron chi connectivity index (χ2n) is 5.39. The Labute approximate surface area is 136 Å². The van der Waals surface area contributed by atoms with Gasteiger partial charge in [0.2, 0.25) is 0 Å². The highest BCUT2D eigenvalue weighted by atomic mass is 16.1. The molecule has 0 bridgehead atoms. The van der Waals surface area contributed by atoms with Gasteiger partial charge in [-0.15, -0.1) is 0 Å². The molecule has 0 atom stereocenters. The molecule has 0 aliphatic rings. The molecule has 0 radical (unpaired) electrons. The average molecular weight is 302 g/mol. The van der Waals surface area contributed by atoms with Crippen molar-refractivity contribution in [2.24, 2.45) is 0 Å². The fourth-order valence-corrected chi connectivity index (χ4v) is 2.42. The normalized spacial score (nSPS) is 10.3. The molecule has 0 spiro atoms. The Kier molecular flexibility index (Phi) is 4.48. The first-order valence-corrected chi connectivity index (χ1v) is 7.58. The zero-order valence-corrected chi connectivity index (χ0v) is 13.0. The van der Waals surface area contributed by atoms with Crippen LogP contribution in [0, 0.1) is 6.92 Å². The third-order valence-electron chi connectivity index (χ3n) is 3.73. The van der Waals surface area contributed by atoms with Gasteiger partial charge in [0, 0.05) is 18.3 Å². The van der Waals surface area contributed by atoms with E-state index < -0.39 is 0 Å². The highest BCUT2D eigenvalue weighted by Gasteiger charge is 2.11. The number of aryl methyl sites for hydroxylation is 1. The first-order chi connectivity index (χ1) is 11.2. The van der Waals surface area contributed by atoms with Gasteiger partial charge >= 0.3 is 0 Å². The van der Waals surface area contributed by atoms with Crippen molar-refractivity contribution in [1.82, 2.24) is 10.3 Å². The van der Waals surface area contributed by atoms with Crippen molar-refractivity contribution >= 4 is 5.91 Å². The third kappa shape index (κ3) is 3.64. The number of aromatic nitrogens is 1. The fraction of sp³-hybridized carbons (Fsp3) is 0.100. The van der Waals surface area contributed by atoms with Crippen molar-refractivity contribution in [2.75, 3.05) is 0 Å². The quantitative estimate of drug-likeness (QED) is 0.792. The van der Waals surface area contributed by atoms with Crippen molar-refractivity contribution in [3.8, 4) is 11.1 Å². The molecule has 1 N–H and O–H groups in total. The van der Waals surface area contributed by atoms with Gasteiger partial charge in [-0.25, -0.2) is 0 Å². The van der Waals surface area contributed by atoms with E-state index in [-0.39, 0.29) is 5.91 Å². The van der Waals surface area contributed by atoms with Crippen LogP contribution in [0.3, 0.4) is 0 Å². The molecule has 3 aromatic rings. The van der Waals surface area contributed by atoms with Crippen LogP contribution in [0.25, 0.3) is 11.1 Å². The molecule has 2 aromatic carbocycles. The van der Waals surface area contributed by atoms with Crippen LogP contribution < -0.4 is 5.32 Å². The molecule has 3 heteroatoms. The predicted octanol–water partition coefficient (Wildman–Crippen LogP) is 3.99. The number of amides is 1. The van der Waals surface area contributed by atoms with Gasteiger partial charge in [-0.1, -0.05) is 60.7 Å². The van der Waals surface area contributed by atoms with Crippen LogP contribution in [0.5, 0.6) is 0 Å². The van der Waals surface area contributed by atoms with Gasteiger partial charge in [-0.05, 0) is 24.1 Å². The topological polar surface area (TPSA) is 42.0 Å². The second kappa shape index (κ2) is 6.88. The number of rotatable bonds is 4. The van der Waals surface area contributed by atoms with Crippen LogP contribution >= 0.6 is 0 Å². The Bertz CT molecular complexity index is 798. The average Bonchev–Trinajstić information content (AvgIpc) is 2.62. The number of nitrogens with zero attached hydrogens (tertiary/aromatic N) is 1. The van der Waals surface area contributed by atoms with Gasteiger partial charge < -0.3 is 5.32 Å². The lowest BCUT2D eigenvalue weighted by Crippen LogP contribution is -2.24. The summed E-state index contributed by atoms with van der Waals surface area (Å²) < 4.78 is 0. The van der Waals surface area contributed by atoms with Crippen LogP contribution in [0.15, 0.2) is 72.9 Å². The standard InChI is InChI=1S/C20H18N2O/c1-15-19(20(23)22-13-16-8-4-2-5-9-16)12-18(14-21-15)17-10-6-3-7-11-17/h2-12,14H,13H2,1H3,(H,22,23).